The Morgan fingerprint density at radius 3 is 2.28 bits per heavy atom. The predicted octanol–water partition coefficient (Wildman–Crippen LogP) is 3.61. The zero-order valence-corrected chi connectivity index (χ0v) is 15.4. The fourth-order valence-corrected chi connectivity index (χ4v) is 3.01. The van der Waals surface area contributed by atoms with E-state index in [0.29, 0.717) is 12.0 Å². The molecule has 1 aliphatic rings. The van der Waals surface area contributed by atoms with Crippen molar-refractivity contribution in [2.75, 3.05) is 0 Å². The van der Waals surface area contributed by atoms with E-state index in [1.807, 2.05) is 0 Å². The summed E-state index contributed by atoms with van der Waals surface area (Å²) in [7, 11) is 0. The lowest BCUT2D eigenvalue weighted by atomic mass is 9.92. The minimum atomic E-state index is -4.42. The van der Waals surface area contributed by atoms with Crippen molar-refractivity contribution in [2.45, 2.75) is 38.0 Å². The van der Waals surface area contributed by atoms with Crippen molar-refractivity contribution >= 4 is 5.91 Å². The van der Waals surface area contributed by atoms with Crippen LogP contribution in [0.2, 0.25) is 0 Å². The van der Waals surface area contributed by atoms with Crippen LogP contribution >= 0.6 is 0 Å². The number of ether oxygens (including phenoxy) is 2. The van der Waals surface area contributed by atoms with Crippen LogP contribution in [0.5, 0.6) is 0 Å². The Morgan fingerprint density at radius 1 is 1.10 bits per heavy atom. The number of halogens is 3. The second-order valence-corrected chi connectivity index (χ2v) is 6.69. The minimum absolute atomic E-state index is 0.0611. The van der Waals surface area contributed by atoms with Crippen LogP contribution in [0.3, 0.4) is 0 Å². The third-order valence-corrected chi connectivity index (χ3v) is 4.61. The monoisotopic (exact) mass is 407 g/mol. The first-order chi connectivity index (χ1) is 13.8. The summed E-state index contributed by atoms with van der Waals surface area (Å²) in [4.78, 5) is 11.6. The molecular formula is C21H20F3NO4. The van der Waals surface area contributed by atoms with E-state index in [2.05, 4.69) is 0 Å². The smallest absolute Gasteiger partial charge is 0.416 e. The van der Waals surface area contributed by atoms with Gasteiger partial charge in [-0.05, 0) is 34.9 Å². The first-order valence-corrected chi connectivity index (χ1v) is 8.92. The van der Waals surface area contributed by atoms with Crippen LogP contribution in [0.1, 0.15) is 34.6 Å². The Bertz CT molecular complexity index is 876. The third-order valence-electron chi connectivity index (χ3n) is 4.61. The Labute approximate surface area is 165 Å². The molecule has 0 saturated heterocycles. The van der Waals surface area contributed by atoms with Gasteiger partial charge in [0.2, 0.25) is 6.29 Å². The third kappa shape index (κ3) is 5.36. The highest BCUT2D eigenvalue weighted by Crippen LogP contribution is 2.34. The lowest BCUT2D eigenvalue weighted by Gasteiger charge is -2.29. The summed E-state index contributed by atoms with van der Waals surface area (Å²) in [5, 5.41) is 9.08. The average Bonchev–Trinajstić information content (AvgIpc) is 2.72. The maximum Gasteiger partial charge on any atom is 0.416 e. The van der Waals surface area contributed by atoms with E-state index in [1.54, 1.807) is 24.3 Å². The van der Waals surface area contributed by atoms with Crippen LogP contribution in [0.4, 0.5) is 13.2 Å². The highest BCUT2D eigenvalue weighted by Gasteiger charge is 2.31. The van der Waals surface area contributed by atoms with Gasteiger partial charge in [-0.25, -0.2) is 0 Å². The fourth-order valence-electron chi connectivity index (χ4n) is 3.01. The molecule has 8 heteroatoms. The van der Waals surface area contributed by atoms with E-state index in [0.717, 1.165) is 23.3 Å². The zero-order valence-electron chi connectivity index (χ0n) is 15.4. The van der Waals surface area contributed by atoms with Crippen molar-refractivity contribution in [1.29, 1.82) is 0 Å². The lowest BCUT2D eigenvalue weighted by molar-refractivity contribution is -0.148. The van der Waals surface area contributed by atoms with Crippen molar-refractivity contribution in [3.05, 3.63) is 82.6 Å². The first kappa shape index (κ1) is 20.9. The van der Waals surface area contributed by atoms with Gasteiger partial charge in [0.15, 0.2) is 5.76 Å². The maximum atomic E-state index is 12.8. The molecule has 2 aromatic rings. The molecule has 29 heavy (non-hydrogen) atoms. The number of benzene rings is 2. The Morgan fingerprint density at radius 2 is 1.72 bits per heavy atom. The van der Waals surface area contributed by atoms with Gasteiger partial charge >= 0.3 is 6.18 Å². The van der Waals surface area contributed by atoms with Gasteiger partial charge in [-0.3, -0.25) is 4.79 Å². The van der Waals surface area contributed by atoms with Crippen LogP contribution in [0, 0.1) is 0 Å². The van der Waals surface area contributed by atoms with Gasteiger partial charge in [-0.2, -0.15) is 13.2 Å². The standard InChI is InChI=1S/C21H20F3NO4/c22-21(23,24)17-7-5-15(6-8-17)16-9-18(20(25)27)29-19(10-16)28-12-14-3-1-13(11-26)2-4-14/h1-9,16,19,26H,10-12H2,(H2,25,27)/t16-,19+/m1/s1. The van der Waals surface area contributed by atoms with E-state index >= 15 is 0 Å². The van der Waals surface area contributed by atoms with Gasteiger partial charge in [-0.15, -0.1) is 0 Å². The molecule has 0 fully saturated rings. The number of nitrogens with two attached hydrogens (primary N) is 1. The quantitative estimate of drug-likeness (QED) is 0.767. The van der Waals surface area contributed by atoms with E-state index in [-0.39, 0.29) is 24.9 Å². The van der Waals surface area contributed by atoms with Crippen molar-refractivity contribution in [3.63, 3.8) is 0 Å². The van der Waals surface area contributed by atoms with Crippen molar-refractivity contribution < 1.29 is 32.5 Å². The molecule has 1 heterocycles. The summed E-state index contributed by atoms with van der Waals surface area (Å²) in [6.45, 7) is 0.136. The van der Waals surface area contributed by atoms with E-state index < -0.39 is 23.9 Å². The minimum Gasteiger partial charge on any atom is -0.459 e. The number of carbonyl (C=O) groups excluding carboxylic acids is 1. The number of aliphatic hydroxyl groups excluding tert-OH is 1. The van der Waals surface area contributed by atoms with Gasteiger partial charge in [0.05, 0.1) is 18.8 Å². The summed E-state index contributed by atoms with van der Waals surface area (Å²) in [6, 6.07) is 11.9. The second kappa shape index (κ2) is 8.67. The Hall–Kier alpha value is -2.84. The molecule has 2 atom stereocenters. The summed E-state index contributed by atoms with van der Waals surface area (Å²) < 4.78 is 49.5. The largest absolute Gasteiger partial charge is 0.459 e. The molecule has 1 amide bonds. The molecule has 5 nitrogen and oxygen atoms in total. The van der Waals surface area contributed by atoms with Crippen molar-refractivity contribution in [3.8, 4) is 0 Å². The number of primary amides is 1. The summed E-state index contributed by atoms with van der Waals surface area (Å²) in [5.74, 6) is -1.24. The lowest BCUT2D eigenvalue weighted by Crippen LogP contribution is -2.29. The number of alkyl halides is 3. The average molecular weight is 407 g/mol. The Kier molecular flexibility index (Phi) is 6.24. The van der Waals surface area contributed by atoms with Crippen LogP contribution in [0.15, 0.2) is 60.4 Å². The first-order valence-electron chi connectivity index (χ1n) is 8.92. The van der Waals surface area contributed by atoms with Crippen LogP contribution in [-0.4, -0.2) is 17.3 Å². The SMILES string of the molecule is NC(=O)C1=C[C@@H](c2ccc(C(F)(F)F)cc2)C[C@@H](OCc2ccc(CO)cc2)O1. The molecule has 2 aromatic carbocycles. The second-order valence-electron chi connectivity index (χ2n) is 6.69. The van der Waals surface area contributed by atoms with E-state index in [9.17, 15) is 18.0 Å². The molecule has 0 aromatic heterocycles. The van der Waals surface area contributed by atoms with Crippen LogP contribution in [-0.2, 0) is 33.7 Å². The van der Waals surface area contributed by atoms with Crippen molar-refractivity contribution in [1.82, 2.24) is 0 Å². The maximum absolute atomic E-state index is 12.8. The molecule has 0 spiro atoms. The molecular weight excluding hydrogens is 387 g/mol. The van der Waals surface area contributed by atoms with Gasteiger partial charge in [0.25, 0.3) is 5.91 Å². The predicted molar refractivity (Wildman–Crippen MR) is 98.1 cm³/mol. The molecule has 0 aliphatic carbocycles. The molecule has 154 valence electrons. The number of carbonyl (C=O) groups is 1. The van der Waals surface area contributed by atoms with Crippen molar-refractivity contribution in [2.24, 2.45) is 5.73 Å². The number of amides is 1. The molecule has 0 radical (unpaired) electrons. The van der Waals surface area contributed by atoms with Gasteiger partial charge < -0.3 is 20.3 Å². The molecule has 0 unspecified atom stereocenters. The summed E-state index contributed by atoms with van der Waals surface area (Å²) in [5.41, 5.74) is 6.79. The molecule has 3 N–H and O–H groups in total. The van der Waals surface area contributed by atoms with E-state index in [4.69, 9.17) is 20.3 Å². The molecule has 0 bridgehead atoms. The van der Waals surface area contributed by atoms with Crippen LogP contribution in [0.25, 0.3) is 0 Å². The van der Waals surface area contributed by atoms with Crippen LogP contribution < -0.4 is 5.73 Å². The molecule has 0 saturated carbocycles. The van der Waals surface area contributed by atoms with Gasteiger partial charge in [0, 0.05) is 12.3 Å². The summed E-state index contributed by atoms with van der Waals surface area (Å²) >= 11 is 0. The molecule has 1 aliphatic heterocycles. The van der Waals surface area contributed by atoms with Gasteiger partial charge in [-0.1, -0.05) is 36.4 Å². The number of hydrogen-bond acceptors (Lipinski definition) is 4. The van der Waals surface area contributed by atoms with Gasteiger partial charge in [0.1, 0.15) is 0 Å². The number of hydrogen-bond donors (Lipinski definition) is 2. The zero-order chi connectivity index (χ0) is 21.0. The number of allylic oxidation sites excluding steroid dienone is 1. The topological polar surface area (TPSA) is 81.8 Å². The number of rotatable bonds is 6. The number of aliphatic hydroxyl groups is 1. The molecule has 3 rings (SSSR count). The normalized spacial score (nSPS) is 19.4. The highest BCUT2D eigenvalue weighted by molar-refractivity contribution is 5.90. The highest BCUT2D eigenvalue weighted by atomic mass is 19.4. The Balaban J connectivity index is 1.72. The summed E-state index contributed by atoms with van der Waals surface area (Å²) in [6.07, 6.45) is -3.38. The fraction of sp³-hybridized carbons (Fsp3) is 0.286. The van der Waals surface area contributed by atoms with E-state index in [1.165, 1.54) is 18.2 Å².